The molecule has 2 nitrogen and oxygen atoms in total. The van der Waals surface area contributed by atoms with Gasteiger partial charge in [0.05, 0.1) is 0 Å². The molecule has 1 fully saturated rings. The van der Waals surface area contributed by atoms with Crippen molar-refractivity contribution < 1.29 is 0 Å². The number of anilines is 2. The van der Waals surface area contributed by atoms with Crippen LogP contribution in [-0.4, -0.2) is 20.1 Å². The Labute approximate surface area is 98.7 Å². The van der Waals surface area contributed by atoms with E-state index in [1.165, 1.54) is 43.5 Å². The van der Waals surface area contributed by atoms with Gasteiger partial charge in [-0.25, -0.2) is 0 Å². The lowest BCUT2D eigenvalue weighted by Gasteiger charge is -2.24. The predicted octanol–water partition coefficient (Wildman–Crippen LogP) is 3.50. The van der Waals surface area contributed by atoms with Crippen LogP contribution in [0.5, 0.6) is 0 Å². The number of benzene rings is 1. The van der Waals surface area contributed by atoms with Gasteiger partial charge in [-0.15, -0.1) is 0 Å². The van der Waals surface area contributed by atoms with Gasteiger partial charge in [0.2, 0.25) is 0 Å². The lowest BCUT2D eigenvalue weighted by Crippen LogP contribution is -2.22. The highest BCUT2D eigenvalue weighted by Gasteiger charge is 2.12. The molecule has 1 aliphatic rings. The lowest BCUT2D eigenvalue weighted by molar-refractivity contribution is 0.463. The zero-order valence-electron chi connectivity index (χ0n) is 10.4. The van der Waals surface area contributed by atoms with E-state index in [0.717, 1.165) is 0 Å². The van der Waals surface area contributed by atoms with Gasteiger partial charge in [0.1, 0.15) is 0 Å². The van der Waals surface area contributed by atoms with E-state index < -0.39 is 0 Å². The summed E-state index contributed by atoms with van der Waals surface area (Å²) in [6, 6.07) is 9.41. The van der Waals surface area contributed by atoms with Crippen molar-refractivity contribution in [2.75, 3.05) is 24.3 Å². The van der Waals surface area contributed by atoms with Gasteiger partial charge in [-0.2, -0.15) is 0 Å². The summed E-state index contributed by atoms with van der Waals surface area (Å²) in [4.78, 5) is 2.13. The Kier molecular flexibility index (Phi) is 3.70. The molecule has 88 valence electrons. The molecule has 0 aromatic heterocycles. The maximum Gasteiger partial charge on any atom is 0.0362 e. The fourth-order valence-corrected chi connectivity index (χ4v) is 2.34. The summed E-state index contributed by atoms with van der Waals surface area (Å²) in [6.45, 7) is 0. The van der Waals surface area contributed by atoms with Crippen LogP contribution in [0.2, 0.25) is 0 Å². The maximum absolute atomic E-state index is 3.63. The van der Waals surface area contributed by atoms with Crippen molar-refractivity contribution in [1.82, 2.24) is 0 Å². The monoisotopic (exact) mass is 218 g/mol. The van der Waals surface area contributed by atoms with Crippen molar-refractivity contribution in [3.63, 3.8) is 0 Å². The van der Waals surface area contributed by atoms with E-state index in [0.29, 0.717) is 6.04 Å². The van der Waals surface area contributed by atoms with Crippen LogP contribution in [0.15, 0.2) is 24.3 Å². The van der Waals surface area contributed by atoms with Crippen molar-refractivity contribution in [2.45, 2.75) is 38.1 Å². The van der Waals surface area contributed by atoms with Gasteiger partial charge in [-0.3, -0.25) is 0 Å². The quantitative estimate of drug-likeness (QED) is 0.835. The van der Waals surface area contributed by atoms with Crippen molar-refractivity contribution in [1.29, 1.82) is 0 Å². The minimum absolute atomic E-state index is 0.693. The highest BCUT2D eigenvalue weighted by Crippen LogP contribution is 2.22. The summed E-state index contributed by atoms with van der Waals surface area (Å²) in [7, 11) is 4.15. The van der Waals surface area contributed by atoms with Gasteiger partial charge in [0, 0.05) is 31.5 Å². The van der Waals surface area contributed by atoms with Crippen LogP contribution in [0.1, 0.15) is 32.1 Å². The van der Waals surface area contributed by atoms with Gasteiger partial charge >= 0.3 is 0 Å². The summed E-state index contributed by atoms with van der Waals surface area (Å²) in [5.41, 5.74) is 2.52. The zero-order chi connectivity index (χ0) is 11.4. The maximum atomic E-state index is 3.63. The molecule has 1 N–H and O–H groups in total. The van der Waals surface area contributed by atoms with Gasteiger partial charge in [0.15, 0.2) is 0 Å². The molecule has 16 heavy (non-hydrogen) atoms. The van der Waals surface area contributed by atoms with E-state index in [9.17, 15) is 0 Å². The molecule has 0 saturated heterocycles. The summed E-state index contributed by atoms with van der Waals surface area (Å²) in [6.07, 6.45) is 6.84. The Morgan fingerprint density at radius 1 is 1.00 bits per heavy atom. The van der Waals surface area contributed by atoms with E-state index >= 15 is 0 Å². The van der Waals surface area contributed by atoms with Gasteiger partial charge in [0.25, 0.3) is 0 Å². The third kappa shape index (κ3) is 2.91. The standard InChI is InChI=1S/C14H22N2/c1-16(2)14-10-8-13(9-11-14)15-12-6-4-3-5-7-12/h8-12,15H,3-7H2,1-2H3. The van der Waals surface area contributed by atoms with Crippen molar-refractivity contribution in [3.05, 3.63) is 24.3 Å². The Morgan fingerprint density at radius 3 is 2.19 bits per heavy atom. The molecule has 0 atom stereocenters. The molecule has 0 bridgehead atoms. The molecule has 0 amide bonds. The predicted molar refractivity (Wildman–Crippen MR) is 71.3 cm³/mol. The van der Waals surface area contributed by atoms with Crippen molar-refractivity contribution in [3.8, 4) is 0 Å². The molecule has 2 rings (SSSR count). The average Bonchev–Trinajstić information content (AvgIpc) is 2.31. The van der Waals surface area contributed by atoms with E-state index in [1.54, 1.807) is 0 Å². The first-order valence-corrected chi connectivity index (χ1v) is 6.29. The topological polar surface area (TPSA) is 15.3 Å². The molecule has 1 aromatic carbocycles. The fraction of sp³-hybridized carbons (Fsp3) is 0.571. The first kappa shape index (κ1) is 11.3. The van der Waals surface area contributed by atoms with E-state index in [4.69, 9.17) is 0 Å². The second-order valence-corrected chi connectivity index (χ2v) is 4.92. The highest BCUT2D eigenvalue weighted by molar-refractivity contribution is 5.54. The summed E-state index contributed by atoms with van der Waals surface area (Å²) < 4.78 is 0. The van der Waals surface area contributed by atoms with Crippen LogP contribution in [0.3, 0.4) is 0 Å². The van der Waals surface area contributed by atoms with Crippen LogP contribution in [-0.2, 0) is 0 Å². The highest BCUT2D eigenvalue weighted by atomic mass is 15.1. The molecule has 1 aromatic rings. The Balaban J connectivity index is 1.93. The largest absolute Gasteiger partial charge is 0.382 e. The second kappa shape index (κ2) is 5.24. The molecular weight excluding hydrogens is 196 g/mol. The number of nitrogens with zero attached hydrogens (tertiary/aromatic N) is 1. The number of rotatable bonds is 3. The molecule has 0 unspecified atom stereocenters. The summed E-state index contributed by atoms with van der Waals surface area (Å²) >= 11 is 0. The van der Waals surface area contributed by atoms with Gasteiger partial charge in [-0.1, -0.05) is 19.3 Å². The fourth-order valence-electron chi connectivity index (χ4n) is 2.34. The van der Waals surface area contributed by atoms with Crippen LogP contribution in [0.25, 0.3) is 0 Å². The third-order valence-corrected chi connectivity index (χ3v) is 3.36. The first-order chi connectivity index (χ1) is 7.75. The molecule has 0 spiro atoms. The summed E-state index contributed by atoms with van der Waals surface area (Å²) in [5.74, 6) is 0. The Morgan fingerprint density at radius 2 is 1.62 bits per heavy atom. The molecule has 1 saturated carbocycles. The molecule has 0 aliphatic heterocycles. The number of hydrogen-bond acceptors (Lipinski definition) is 2. The second-order valence-electron chi connectivity index (χ2n) is 4.92. The van der Waals surface area contributed by atoms with Crippen LogP contribution in [0, 0.1) is 0 Å². The minimum Gasteiger partial charge on any atom is -0.382 e. The minimum atomic E-state index is 0.693. The van der Waals surface area contributed by atoms with Crippen LogP contribution < -0.4 is 10.2 Å². The lowest BCUT2D eigenvalue weighted by atomic mass is 9.95. The van der Waals surface area contributed by atoms with E-state index in [-0.39, 0.29) is 0 Å². The average molecular weight is 218 g/mol. The van der Waals surface area contributed by atoms with Gasteiger partial charge in [-0.05, 0) is 37.1 Å². The molecular formula is C14H22N2. The Bertz CT molecular complexity index is 310. The number of nitrogens with one attached hydrogen (secondary N) is 1. The van der Waals surface area contributed by atoms with Gasteiger partial charge < -0.3 is 10.2 Å². The smallest absolute Gasteiger partial charge is 0.0362 e. The summed E-state index contributed by atoms with van der Waals surface area (Å²) in [5, 5.41) is 3.63. The molecule has 0 heterocycles. The molecule has 0 radical (unpaired) electrons. The molecule has 1 aliphatic carbocycles. The molecule has 2 heteroatoms. The first-order valence-electron chi connectivity index (χ1n) is 6.29. The number of hydrogen-bond donors (Lipinski definition) is 1. The third-order valence-electron chi connectivity index (χ3n) is 3.36. The zero-order valence-corrected chi connectivity index (χ0v) is 10.4. The SMILES string of the molecule is CN(C)c1ccc(NC2CCCCC2)cc1. The van der Waals surface area contributed by atoms with Crippen LogP contribution >= 0.6 is 0 Å². The normalized spacial score (nSPS) is 17.1. The van der Waals surface area contributed by atoms with Crippen LogP contribution in [0.4, 0.5) is 11.4 Å². The Hall–Kier alpha value is -1.18. The van der Waals surface area contributed by atoms with E-state index in [2.05, 4.69) is 48.6 Å². The van der Waals surface area contributed by atoms with E-state index in [1.807, 2.05) is 0 Å². The van der Waals surface area contributed by atoms with Crippen molar-refractivity contribution in [2.24, 2.45) is 0 Å². The van der Waals surface area contributed by atoms with Crippen molar-refractivity contribution >= 4 is 11.4 Å².